The summed E-state index contributed by atoms with van der Waals surface area (Å²) in [5.74, 6) is -1.86. The van der Waals surface area contributed by atoms with Crippen molar-refractivity contribution in [1.29, 1.82) is 0 Å². The number of thiophene rings is 2. The van der Waals surface area contributed by atoms with Crippen LogP contribution in [0.5, 0.6) is 0 Å². The monoisotopic (exact) mass is 874 g/mol. The van der Waals surface area contributed by atoms with E-state index >= 15 is 17.6 Å². The summed E-state index contributed by atoms with van der Waals surface area (Å²) >= 11 is 2.23. The molecule has 12 rings (SSSR count). The van der Waals surface area contributed by atoms with Crippen LogP contribution in [0, 0.1) is 23.3 Å². The first-order chi connectivity index (χ1) is 26.4. The summed E-state index contributed by atoms with van der Waals surface area (Å²) in [6, 6.07) is 30.8. The van der Waals surface area contributed by atoms with Gasteiger partial charge in [0, 0.05) is 0 Å². The number of halogens is 4. The molecule has 54 heavy (non-hydrogen) atoms. The van der Waals surface area contributed by atoms with Gasteiger partial charge in [0.1, 0.15) is 0 Å². The molecule has 0 bridgehead atoms. The van der Waals surface area contributed by atoms with Gasteiger partial charge >= 0.3 is 324 Å². The van der Waals surface area contributed by atoms with Crippen molar-refractivity contribution in [3.05, 3.63) is 133 Å². The first-order valence-corrected chi connectivity index (χ1v) is 22.0. The van der Waals surface area contributed by atoms with E-state index in [1.54, 1.807) is 35.1 Å². The van der Waals surface area contributed by atoms with E-state index in [1.807, 2.05) is 97.1 Å². The van der Waals surface area contributed by atoms with Crippen molar-refractivity contribution in [1.82, 2.24) is 9.97 Å². The fraction of sp³-hybridized carbons (Fsp3) is 0. The molecule has 0 N–H and O–H groups in total. The van der Waals surface area contributed by atoms with Crippen LogP contribution in [0.3, 0.4) is 0 Å². The number of aromatic nitrogens is 2. The Morgan fingerprint density at radius 2 is 0.815 bits per heavy atom. The second-order valence-corrected chi connectivity index (χ2v) is 20.0. The molecular weight excluding hydrogens is 855 g/mol. The molecule has 0 radical (unpaired) electrons. The number of benzene rings is 6. The van der Waals surface area contributed by atoms with Crippen LogP contribution >= 0.6 is 22.7 Å². The molecule has 0 fully saturated rings. The number of hydrogen-bond donors (Lipinski definition) is 0. The van der Waals surface area contributed by atoms with E-state index in [9.17, 15) is 0 Å². The second-order valence-electron chi connectivity index (χ2n) is 13.5. The molecule has 6 aromatic carbocycles. The SMILES string of the molecule is Fc1c(-c2[se]c3cc4sc5c6cc7c(F)c(-c8ncc9cc%10ccccc%10cc9c8F)[se]c7cc6sc5c4cc3c2F)ncc2cc3ccccc3cc12. The summed E-state index contributed by atoms with van der Waals surface area (Å²) < 4.78 is 71.1. The molecule has 0 aliphatic rings. The molecular formula is C44H18F4N2S2Se2. The summed E-state index contributed by atoms with van der Waals surface area (Å²) in [6.45, 7) is 0. The van der Waals surface area contributed by atoms with Crippen molar-refractivity contribution in [2.24, 2.45) is 0 Å². The number of hydrogen-bond acceptors (Lipinski definition) is 4. The molecule has 0 unspecified atom stereocenters. The molecule has 10 heteroatoms. The molecule has 0 atom stereocenters. The Kier molecular flexibility index (Phi) is 6.58. The van der Waals surface area contributed by atoms with Crippen molar-refractivity contribution >= 4 is 144 Å². The van der Waals surface area contributed by atoms with Gasteiger partial charge in [0.05, 0.1) is 0 Å². The standard InChI is InChI=1S/C44H18F4N2S2Se2/c45-35-25-11-21-7-3-1-5-19(21)9-23(25)17-49-39(35)43-37(47)29-13-27-31(15-33(29)53-43)51-42-28-14-30-34(16-32(28)52-41(27)42)54-44(38(30)48)40-36(46)26-12-22-8-4-2-6-20(22)10-24(26)18-50-40/h1-18H. The minimum absolute atomic E-state index is 0.0694. The number of pyridine rings is 2. The molecule has 256 valence electrons. The van der Waals surface area contributed by atoms with Crippen LogP contribution in [-0.4, -0.2) is 39.0 Å². The van der Waals surface area contributed by atoms with E-state index in [1.165, 1.54) is 0 Å². The van der Waals surface area contributed by atoms with Gasteiger partial charge in [-0.2, -0.15) is 0 Å². The van der Waals surface area contributed by atoms with Crippen LogP contribution in [-0.2, 0) is 0 Å². The van der Waals surface area contributed by atoms with E-state index < -0.39 is 52.3 Å². The predicted molar refractivity (Wildman–Crippen MR) is 220 cm³/mol. The molecule has 6 heterocycles. The third kappa shape index (κ3) is 4.38. The molecule has 6 aromatic heterocycles. The van der Waals surface area contributed by atoms with Gasteiger partial charge in [-0.1, -0.05) is 0 Å². The molecule has 0 saturated heterocycles. The van der Waals surface area contributed by atoms with Crippen molar-refractivity contribution in [3.63, 3.8) is 0 Å². The van der Waals surface area contributed by atoms with Crippen molar-refractivity contribution in [2.75, 3.05) is 0 Å². The maximum atomic E-state index is 16.3. The van der Waals surface area contributed by atoms with Gasteiger partial charge in [0.15, 0.2) is 0 Å². The molecule has 0 spiro atoms. The normalized spacial score (nSPS) is 12.4. The Hall–Kier alpha value is -4.92. The average Bonchev–Trinajstić information content (AvgIpc) is 3.91. The number of rotatable bonds is 2. The summed E-state index contributed by atoms with van der Waals surface area (Å²) in [4.78, 5) is 8.89. The van der Waals surface area contributed by atoms with Crippen molar-refractivity contribution < 1.29 is 17.6 Å². The van der Waals surface area contributed by atoms with Gasteiger partial charge < -0.3 is 0 Å². The van der Waals surface area contributed by atoms with E-state index in [2.05, 4.69) is 9.97 Å². The van der Waals surface area contributed by atoms with Gasteiger partial charge in [0.2, 0.25) is 0 Å². The molecule has 0 saturated carbocycles. The van der Waals surface area contributed by atoms with Crippen LogP contribution in [0.25, 0.3) is 112 Å². The second kappa shape index (κ2) is 11.3. The van der Waals surface area contributed by atoms with Gasteiger partial charge in [-0.15, -0.1) is 0 Å². The summed E-state index contributed by atoms with van der Waals surface area (Å²) in [5.41, 5.74) is 0.139. The van der Waals surface area contributed by atoms with Gasteiger partial charge in [-0.3, -0.25) is 0 Å². The number of nitrogens with zero attached hydrogens (tertiary/aromatic N) is 2. The molecule has 12 aromatic rings. The molecule has 0 aliphatic carbocycles. The Morgan fingerprint density at radius 1 is 0.407 bits per heavy atom. The van der Waals surface area contributed by atoms with Crippen molar-refractivity contribution in [2.45, 2.75) is 0 Å². The van der Waals surface area contributed by atoms with Gasteiger partial charge in [-0.25, -0.2) is 0 Å². The van der Waals surface area contributed by atoms with Crippen LogP contribution in [0.1, 0.15) is 0 Å². The maximum absolute atomic E-state index is 16.3. The van der Waals surface area contributed by atoms with E-state index in [4.69, 9.17) is 0 Å². The van der Waals surface area contributed by atoms with E-state index in [0.29, 0.717) is 41.2 Å². The fourth-order valence-corrected chi connectivity index (χ4v) is 15.4. The third-order valence-corrected chi connectivity index (χ3v) is 17.7. The van der Waals surface area contributed by atoms with Gasteiger partial charge in [-0.05, 0) is 0 Å². The van der Waals surface area contributed by atoms with Gasteiger partial charge in [0.25, 0.3) is 0 Å². The van der Waals surface area contributed by atoms with Crippen LogP contribution in [0.4, 0.5) is 17.6 Å². The fourth-order valence-electron chi connectivity index (χ4n) is 7.75. The zero-order chi connectivity index (χ0) is 36.0. The number of fused-ring (bicyclic) bond motifs is 11. The first-order valence-electron chi connectivity index (χ1n) is 17.0. The Balaban J connectivity index is 0.981. The van der Waals surface area contributed by atoms with Crippen LogP contribution < -0.4 is 0 Å². The molecule has 2 nitrogen and oxygen atoms in total. The minimum atomic E-state index is -0.501. The first kappa shape index (κ1) is 31.4. The third-order valence-electron chi connectivity index (χ3n) is 10.4. The summed E-state index contributed by atoms with van der Waals surface area (Å²) in [5, 5.41) is 8.86. The zero-order valence-electron chi connectivity index (χ0n) is 27.4. The topological polar surface area (TPSA) is 25.8 Å². The Morgan fingerprint density at radius 3 is 1.24 bits per heavy atom. The summed E-state index contributed by atoms with van der Waals surface area (Å²) in [6.07, 6.45) is 3.27. The quantitative estimate of drug-likeness (QED) is 0.0982. The predicted octanol–water partition coefficient (Wildman–Crippen LogP) is 13.0. The zero-order valence-corrected chi connectivity index (χ0v) is 32.5. The Bertz CT molecular complexity index is 3400. The van der Waals surface area contributed by atoms with E-state index in [0.717, 1.165) is 59.6 Å². The molecule has 0 amide bonds. The summed E-state index contributed by atoms with van der Waals surface area (Å²) in [7, 11) is 0. The average molecular weight is 873 g/mol. The van der Waals surface area contributed by atoms with Crippen LogP contribution in [0.2, 0.25) is 0 Å². The van der Waals surface area contributed by atoms with Crippen LogP contribution in [0.15, 0.2) is 109 Å². The molecule has 0 aliphatic heterocycles. The Labute approximate surface area is 322 Å². The van der Waals surface area contributed by atoms with E-state index in [-0.39, 0.29) is 11.4 Å². The van der Waals surface area contributed by atoms with Crippen molar-refractivity contribution in [3.8, 4) is 20.3 Å².